The van der Waals surface area contributed by atoms with Crippen LogP contribution in [0.3, 0.4) is 0 Å². The maximum atomic E-state index is 11.2. The van der Waals surface area contributed by atoms with Gasteiger partial charge in [-0.3, -0.25) is 15.1 Å². The van der Waals surface area contributed by atoms with E-state index < -0.39 is 0 Å². The summed E-state index contributed by atoms with van der Waals surface area (Å²) in [5, 5.41) is 0. The second kappa shape index (κ2) is 5.33. The lowest BCUT2D eigenvalue weighted by Gasteiger charge is -2.21. The highest BCUT2D eigenvalue weighted by Crippen LogP contribution is 2.22. The standard InChI is InChI=1S/C12H19N3O2/c1-2-9-4-3-7-15(9)8-10-5-6-11(17-10)12(16)14-13/h5-6,9H,2-4,7-8,13H2,1H3,(H,14,16). The van der Waals surface area contributed by atoms with E-state index in [4.69, 9.17) is 10.3 Å². The number of hydrogen-bond acceptors (Lipinski definition) is 4. The number of nitrogens with two attached hydrogens (primary N) is 1. The van der Waals surface area contributed by atoms with Crippen LogP contribution in [0.5, 0.6) is 0 Å². The first kappa shape index (κ1) is 12.1. The quantitative estimate of drug-likeness (QED) is 0.470. The minimum atomic E-state index is -0.385. The summed E-state index contributed by atoms with van der Waals surface area (Å²) in [5.41, 5.74) is 2.06. The van der Waals surface area contributed by atoms with Crippen LogP contribution in [-0.2, 0) is 6.54 Å². The zero-order valence-electron chi connectivity index (χ0n) is 10.1. The maximum absolute atomic E-state index is 11.2. The average Bonchev–Trinajstić information content (AvgIpc) is 2.97. The summed E-state index contributed by atoms with van der Waals surface area (Å²) in [6, 6.07) is 4.15. The molecule has 1 aliphatic heterocycles. The van der Waals surface area contributed by atoms with E-state index in [2.05, 4.69) is 17.2 Å². The first-order valence-electron chi connectivity index (χ1n) is 6.08. The van der Waals surface area contributed by atoms with E-state index in [1.807, 2.05) is 6.07 Å². The van der Waals surface area contributed by atoms with E-state index >= 15 is 0 Å². The second-order valence-corrected chi connectivity index (χ2v) is 4.41. The fraction of sp³-hybridized carbons (Fsp3) is 0.583. The SMILES string of the molecule is CCC1CCCN1Cc1ccc(C(=O)NN)o1. The number of nitrogens with one attached hydrogen (secondary N) is 1. The van der Waals surface area contributed by atoms with Gasteiger partial charge in [-0.2, -0.15) is 0 Å². The molecule has 0 saturated carbocycles. The van der Waals surface area contributed by atoms with Gasteiger partial charge in [0.05, 0.1) is 6.54 Å². The third kappa shape index (κ3) is 2.68. The van der Waals surface area contributed by atoms with E-state index in [1.54, 1.807) is 6.07 Å². The Morgan fingerprint density at radius 2 is 2.47 bits per heavy atom. The number of carbonyl (C=O) groups excluding carboxylic acids is 1. The zero-order chi connectivity index (χ0) is 12.3. The number of carbonyl (C=O) groups is 1. The van der Waals surface area contributed by atoms with Gasteiger partial charge in [-0.15, -0.1) is 0 Å². The average molecular weight is 237 g/mol. The van der Waals surface area contributed by atoms with Gasteiger partial charge in [0.15, 0.2) is 5.76 Å². The molecule has 1 aromatic rings. The van der Waals surface area contributed by atoms with Crippen molar-refractivity contribution < 1.29 is 9.21 Å². The van der Waals surface area contributed by atoms with Crippen LogP contribution in [0.2, 0.25) is 0 Å². The number of nitrogens with zero attached hydrogens (tertiary/aromatic N) is 1. The van der Waals surface area contributed by atoms with Crippen molar-refractivity contribution in [2.75, 3.05) is 6.54 Å². The number of hydrogen-bond donors (Lipinski definition) is 2. The Hall–Kier alpha value is -1.33. The van der Waals surface area contributed by atoms with Crippen LogP contribution in [0.4, 0.5) is 0 Å². The fourth-order valence-corrected chi connectivity index (χ4v) is 2.42. The molecule has 1 unspecified atom stereocenters. The Balaban J connectivity index is 1.99. The molecule has 2 heterocycles. The van der Waals surface area contributed by atoms with Crippen LogP contribution in [0.25, 0.3) is 0 Å². The van der Waals surface area contributed by atoms with Crippen molar-refractivity contribution in [3.8, 4) is 0 Å². The molecule has 17 heavy (non-hydrogen) atoms. The molecule has 1 aromatic heterocycles. The van der Waals surface area contributed by atoms with E-state index in [0.29, 0.717) is 6.04 Å². The van der Waals surface area contributed by atoms with Gasteiger partial charge < -0.3 is 4.42 Å². The molecular formula is C12H19N3O2. The summed E-state index contributed by atoms with van der Waals surface area (Å²) in [6.07, 6.45) is 3.67. The van der Waals surface area contributed by atoms with Crippen LogP contribution >= 0.6 is 0 Å². The van der Waals surface area contributed by atoms with Crippen LogP contribution in [-0.4, -0.2) is 23.4 Å². The number of likely N-dealkylation sites (tertiary alicyclic amines) is 1. The number of furan rings is 1. The summed E-state index contributed by atoms with van der Waals surface area (Å²) in [6.45, 7) is 4.09. The molecule has 0 aliphatic carbocycles. The van der Waals surface area contributed by atoms with Crippen molar-refractivity contribution >= 4 is 5.91 Å². The first-order valence-corrected chi connectivity index (χ1v) is 6.08. The Bertz CT molecular complexity index is 389. The van der Waals surface area contributed by atoms with Crippen LogP contribution in [0.15, 0.2) is 16.5 Å². The molecule has 1 amide bonds. The third-order valence-electron chi connectivity index (χ3n) is 3.35. The van der Waals surface area contributed by atoms with Crippen molar-refractivity contribution in [3.05, 3.63) is 23.7 Å². The lowest BCUT2D eigenvalue weighted by atomic mass is 10.2. The molecule has 1 saturated heterocycles. The lowest BCUT2D eigenvalue weighted by Crippen LogP contribution is -2.29. The number of rotatable bonds is 4. The molecule has 94 valence electrons. The number of amides is 1. The molecule has 0 spiro atoms. The minimum Gasteiger partial charge on any atom is -0.455 e. The Morgan fingerprint density at radius 1 is 1.65 bits per heavy atom. The van der Waals surface area contributed by atoms with Gasteiger partial charge in [0.2, 0.25) is 0 Å². The molecule has 1 fully saturated rings. The van der Waals surface area contributed by atoms with E-state index in [1.165, 1.54) is 12.8 Å². The summed E-state index contributed by atoms with van der Waals surface area (Å²) in [4.78, 5) is 13.6. The molecule has 0 aromatic carbocycles. The molecular weight excluding hydrogens is 218 g/mol. The summed E-state index contributed by atoms with van der Waals surface area (Å²) < 4.78 is 5.46. The summed E-state index contributed by atoms with van der Waals surface area (Å²) >= 11 is 0. The Labute approximate surface area is 101 Å². The van der Waals surface area contributed by atoms with Gasteiger partial charge in [-0.1, -0.05) is 6.92 Å². The highest BCUT2D eigenvalue weighted by molar-refractivity contribution is 5.90. The van der Waals surface area contributed by atoms with Crippen molar-refractivity contribution in [1.29, 1.82) is 0 Å². The molecule has 1 atom stereocenters. The highest BCUT2D eigenvalue weighted by atomic mass is 16.4. The molecule has 1 aliphatic rings. The van der Waals surface area contributed by atoms with Crippen molar-refractivity contribution in [2.24, 2.45) is 5.84 Å². The van der Waals surface area contributed by atoms with Gasteiger partial charge in [-0.25, -0.2) is 5.84 Å². The van der Waals surface area contributed by atoms with E-state index in [9.17, 15) is 4.79 Å². The van der Waals surface area contributed by atoms with Gasteiger partial charge in [0.1, 0.15) is 5.76 Å². The van der Waals surface area contributed by atoms with E-state index in [0.717, 1.165) is 25.3 Å². The predicted molar refractivity (Wildman–Crippen MR) is 64.1 cm³/mol. The first-order chi connectivity index (χ1) is 8.24. The summed E-state index contributed by atoms with van der Waals surface area (Å²) in [7, 11) is 0. The summed E-state index contributed by atoms with van der Waals surface area (Å²) in [5.74, 6) is 5.76. The molecule has 0 radical (unpaired) electrons. The second-order valence-electron chi connectivity index (χ2n) is 4.41. The van der Waals surface area contributed by atoms with E-state index in [-0.39, 0.29) is 11.7 Å². The monoisotopic (exact) mass is 237 g/mol. The minimum absolute atomic E-state index is 0.273. The van der Waals surface area contributed by atoms with Gasteiger partial charge in [0.25, 0.3) is 0 Å². The number of hydrazine groups is 1. The predicted octanol–water partition coefficient (Wildman–Crippen LogP) is 1.26. The number of nitrogen functional groups attached to an aromatic ring is 1. The molecule has 0 bridgehead atoms. The fourth-order valence-electron chi connectivity index (χ4n) is 2.42. The van der Waals surface area contributed by atoms with Crippen molar-refractivity contribution in [3.63, 3.8) is 0 Å². The zero-order valence-corrected chi connectivity index (χ0v) is 10.1. The van der Waals surface area contributed by atoms with Crippen LogP contribution in [0.1, 0.15) is 42.5 Å². The molecule has 2 rings (SSSR count). The highest BCUT2D eigenvalue weighted by Gasteiger charge is 2.23. The molecule has 3 N–H and O–H groups in total. The third-order valence-corrected chi connectivity index (χ3v) is 3.35. The van der Waals surface area contributed by atoms with Gasteiger partial charge in [-0.05, 0) is 37.9 Å². The smallest absolute Gasteiger partial charge is 0.300 e. The maximum Gasteiger partial charge on any atom is 0.300 e. The van der Waals surface area contributed by atoms with Gasteiger partial charge >= 0.3 is 5.91 Å². The van der Waals surface area contributed by atoms with Crippen LogP contribution < -0.4 is 11.3 Å². The Kier molecular flexibility index (Phi) is 3.81. The lowest BCUT2D eigenvalue weighted by molar-refractivity contribution is 0.0921. The molecule has 5 nitrogen and oxygen atoms in total. The van der Waals surface area contributed by atoms with Crippen molar-refractivity contribution in [1.82, 2.24) is 10.3 Å². The van der Waals surface area contributed by atoms with Gasteiger partial charge in [0, 0.05) is 6.04 Å². The molecule has 5 heteroatoms. The largest absolute Gasteiger partial charge is 0.455 e. The van der Waals surface area contributed by atoms with Crippen LogP contribution in [0, 0.1) is 0 Å². The normalized spacial score (nSPS) is 20.7. The van der Waals surface area contributed by atoms with Crippen molar-refractivity contribution in [2.45, 2.75) is 38.8 Å². The topological polar surface area (TPSA) is 71.5 Å². The Morgan fingerprint density at radius 3 is 3.18 bits per heavy atom.